The summed E-state index contributed by atoms with van der Waals surface area (Å²) in [7, 11) is 1.32. The van der Waals surface area contributed by atoms with Crippen LogP contribution in [0.3, 0.4) is 0 Å². The number of rotatable bonds is 4. The molecule has 4 nitrogen and oxygen atoms in total. The minimum Gasteiger partial charge on any atom is -0.469 e. The second-order valence-electron chi connectivity index (χ2n) is 2.03. The number of esters is 1. The molecule has 13 heavy (non-hydrogen) atoms. The van der Waals surface area contributed by atoms with Crippen molar-refractivity contribution in [1.29, 1.82) is 0 Å². The van der Waals surface area contributed by atoms with Crippen molar-refractivity contribution < 1.29 is 14.3 Å². The summed E-state index contributed by atoms with van der Waals surface area (Å²) >= 11 is 0. The molecule has 0 unspecified atom stereocenters. The quantitative estimate of drug-likeness (QED) is 0.674. The van der Waals surface area contributed by atoms with Gasteiger partial charge < -0.3 is 10.1 Å². The highest BCUT2D eigenvalue weighted by Crippen LogP contribution is 1.82. The highest BCUT2D eigenvalue weighted by atomic mass is 16.5. The Balaban J connectivity index is 0. The van der Waals surface area contributed by atoms with Crippen molar-refractivity contribution in [2.45, 2.75) is 33.6 Å². The van der Waals surface area contributed by atoms with Crippen LogP contribution in [0, 0.1) is 0 Å². The molecule has 0 spiro atoms. The molecular weight excluding hydrogens is 170 g/mol. The highest BCUT2D eigenvalue weighted by molar-refractivity contribution is 5.76. The lowest BCUT2D eigenvalue weighted by atomic mass is 10.4. The Morgan fingerprint density at radius 3 is 2.23 bits per heavy atom. The maximum Gasteiger partial charge on any atom is 0.307 e. The monoisotopic (exact) mass is 189 g/mol. The summed E-state index contributed by atoms with van der Waals surface area (Å²) in [6.07, 6.45) is 0.684. The van der Waals surface area contributed by atoms with Crippen LogP contribution in [0.15, 0.2) is 0 Å². The van der Waals surface area contributed by atoms with Crippen LogP contribution in [0.5, 0.6) is 0 Å². The van der Waals surface area contributed by atoms with Crippen LogP contribution in [0.1, 0.15) is 33.6 Å². The van der Waals surface area contributed by atoms with Gasteiger partial charge in [-0.15, -0.1) is 0 Å². The topological polar surface area (TPSA) is 55.4 Å². The van der Waals surface area contributed by atoms with Crippen LogP contribution in [0.4, 0.5) is 0 Å². The van der Waals surface area contributed by atoms with Crippen LogP contribution in [-0.2, 0) is 14.3 Å². The first-order valence-corrected chi connectivity index (χ1v) is 4.54. The lowest BCUT2D eigenvalue weighted by Gasteiger charge is -2.00. The molecule has 1 amide bonds. The zero-order valence-corrected chi connectivity index (χ0v) is 8.85. The Bertz CT molecular complexity index is 130. The molecule has 0 rings (SSSR count). The molecule has 0 bridgehead atoms. The molecule has 0 aromatic carbocycles. The lowest BCUT2D eigenvalue weighted by Crippen LogP contribution is -2.25. The Kier molecular flexibility index (Phi) is 12.2. The van der Waals surface area contributed by atoms with Gasteiger partial charge in [-0.25, -0.2) is 0 Å². The van der Waals surface area contributed by atoms with Crippen molar-refractivity contribution in [2.24, 2.45) is 0 Å². The zero-order chi connectivity index (χ0) is 10.7. The Morgan fingerprint density at radius 1 is 1.31 bits per heavy atom. The van der Waals surface area contributed by atoms with Gasteiger partial charge in [-0.1, -0.05) is 20.8 Å². The zero-order valence-electron chi connectivity index (χ0n) is 8.85. The van der Waals surface area contributed by atoms with Crippen LogP contribution in [0.25, 0.3) is 0 Å². The second-order valence-corrected chi connectivity index (χ2v) is 2.03. The maximum atomic E-state index is 10.6. The third-order valence-electron chi connectivity index (χ3n) is 1.20. The molecule has 0 atom stereocenters. The van der Waals surface area contributed by atoms with Gasteiger partial charge in [-0.3, -0.25) is 9.59 Å². The van der Waals surface area contributed by atoms with Gasteiger partial charge in [0.2, 0.25) is 5.91 Å². The Morgan fingerprint density at radius 2 is 1.85 bits per heavy atom. The van der Waals surface area contributed by atoms with E-state index in [-0.39, 0.29) is 18.3 Å². The summed E-state index contributed by atoms with van der Waals surface area (Å²) in [4.78, 5) is 21.1. The van der Waals surface area contributed by atoms with Crippen molar-refractivity contribution >= 4 is 11.9 Å². The predicted octanol–water partition coefficient (Wildman–Crippen LogP) is 1.10. The van der Waals surface area contributed by atoms with Crippen LogP contribution >= 0.6 is 0 Å². The molecular formula is C9H19NO3. The first-order chi connectivity index (χ1) is 6.20. The summed E-state index contributed by atoms with van der Waals surface area (Å²) in [5, 5.41) is 2.56. The fourth-order valence-corrected chi connectivity index (χ4v) is 0.531. The molecule has 0 radical (unpaired) electrons. The van der Waals surface area contributed by atoms with Crippen molar-refractivity contribution in [3.8, 4) is 0 Å². The standard InChI is InChI=1S/C7H13NO3.C2H6/c1-3-6(9)8-5-4-7(10)11-2;1-2/h3-5H2,1-2H3,(H,8,9);1-2H3. The third kappa shape index (κ3) is 10.9. The number of carbonyl (C=O) groups excluding carboxylic acids is 2. The van der Waals surface area contributed by atoms with E-state index in [0.717, 1.165) is 0 Å². The normalized spacial score (nSPS) is 8.00. The fraction of sp³-hybridized carbons (Fsp3) is 0.778. The molecule has 0 aliphatic rings. The number of ether oxygens (including phenoxy) is 1. The van der Waals surface area contributed by atoms with Crippen molar-refractivity contribution in [2.75, 3.05) is 13.7 Å². The average molecular weight is 189 g/mol. The van der Waals surface area contributed by atoms with Crippen LogP contribution < -0.4 is 5.32 Å². The summed E-state index contributed by atoms with van der Waals surface area (Å²) < 4.78 is 4.38. The lowest BCUT2D eigenvalue weighted by molar-refractivity contribution is -0.140. The van der Waals surface area contributed by atoms with E-state index in [4.69, 9.17) is 0 Å². The summed E-state index contributed by atoms with van der Waals surface area (Å²) in [6.45, 7) is 6.12. The van der Waals surface area contributed by atoms with Gasteiger partial charge in [0.15, 0.2) is 0 Å². The molecule has 78 valence electrons. The first-order valence-electron chi connectivity index (χ1n) is 4.54. The second kappa shape index (κ2) is 10.9. The van der Waals surface area contributed by atoms with Crippen molar-refractivity contribution in [1.82, 2.24) is 5.32 Å². The molecule has 0 saturated heterocycles. The Hall–Kier alpha value is -1.06. The molecule has 1 N–H and O–H groups in total. The van der Waals surface area contributed by atoms with E-state index in [0.29, 0.717) is 13.0 Å². The fourth-order valence-electron chi connectivity index (χ4n) is 0.531. The summed E-state index contributed by atoms with van der Waals surface area (Å²) in [6, 6.07) is 0. The van der Waals surface area contributed by atoms with Crippen molar-refractivity contribution in [3.05, 3.63) is 0 Å². The maximum absolute atomic E-state index is 10.6. The minimum atomic E-state index is -0.304. The smallest absolute Gasteiger partial charge is 0.307 e. The number of hydrogen-bond donors (Lipinski definition) is 1. The molecule has 0 fully saturated rings. The molecule has 0 heterocycles. The first kappa shape index (κ1) is 14.5. The van der Waals surface area contributed by atoms with E-state index >= 15 is 0 Å². The summed E-state index contributed by atoms with van der Waals surface area (Å²) in [5.41, 5.74) is 0. The van der Waals surface area contributed by atoms with E-state index in [2.05, 4.69) is 10.1 Å². The largest absolute Gasteiger partial charge is 0.469 e. The number of amides is 1. The van der Waals surface area contributed by atoms with Gasteiger partial charge in [0.1, 0.15) is 0 Å². The van der Waals surface area contributed by atoms with E-state index in [1.165, 1.54) is 7.11 Å². The molecule has 4 heteroatoms. The number of methoxy groups -OCH3 is 1. The predicted molar refractivity (Wildman–Crippen MR) is 51.3 cm³/mol. The van der Waals surface area contributed by atoms with Crippen molar-refractivity contribution in [3.63, 3.8) is 0 Å². The van der Waals surface area contributed by atoms with E-state index in [1.807, 2.05) is 13.8 Å². The van der Waals surface area contributed by atoms with Crippen LogP contribution in [0.2, 0.25) is 0 Å². The van der Waals surface area contributed by atoms with Gasteiger partial charge in [0.05, 0.1) is 13.5 Å². The average Bonchev–Trinajstić information content (AvgIpc) is 2.20. The molecule has 0 aromatic rings. The number of nitrogens with one attached hydrogen (secondary N) is 1. The molecule has 0 saturated carbocycles. The number of carbonyl (C=O) groups is 2. The van der Waals surface area contributed by atoms with E-state index in [9.17, 15) is 9.59 Å². The van der Waals surface area contributed by atoms with Crippen LogP contribution in [-0.4, -0.2) is 25.5 Å². The Labute approximate surface area is 79.7 Å². The molecule has 0 aliphatic heterocycles. The SMILES string of the molecule is CC.CCC(=O)NCCC(=O)OC. The molecule has 0 aromatic heterocycles. The summed E-state index contributed by atoms with van der Waals surface area (Å²) in [5.74, 6) is -0.352. The van der Waals surface area contributed by atoms with E-state index < -0.39 is 0 Å². The minimum absolute atomic E-state index is 0.0473. The number of hydrogen-bond acceptors (Lipinski definition) is 3. The van der Waals surface area contributed by atoms with Gasteiger partial charge >= 0.3 is 5.97 Å². The van der Waals surface area contributed by atoms with Gasteiger partial charge in [-0.2, -0.15) is 0 Å². The molecule has 0 aliphatic carbocycles. The van der Waals surface area contributed by atoms with Gasteiger partial charge in [-0.05, 0) is 0 Å². The highest BCUT2D eigenvalue weighted by Gasteiger charge is 2.00. The van der Waals surface area contributed by atoms with Gasteiger partial charge in [0.25, 0.3) is 0 Å². The third-order valence-corrected chi connectivity index (χ3v) is 1.20. The van der Waals surface area contributed by atoms with Gasteiger partial charge in [0, 0.05) is 13.0 Å². The van der Waals surface area contributed by atoms with E-state index in [1.54, 1.807) is 6.92 Å².